The van der Waals surface area contributed by atoms with Crippen LogP contribution in [-0.2, 0) is 0 Å². The summed E-state index contributed by atoms with van der Waals surface area (Å²) in [6.07, 6.45) is 0.421. The molecule has 4 N–H and O–H groups in total. The van der Waals surface area contributed by atoms with Gasteiger partial charge in [-0.15, -0.1) is 0 Å². The van der Waals surface area contributed by atoms with Crippen LogP contribution in [0.4, 0.5) is 5.69 Å². The van der Waals surface area contributed by atoms with E-state index in [1.54, 1.807) is 25.3 Å². The van der Waals surface area contributed by atoms with Crippen molar-refractivity contribution in [2.75, 3.05) is 12.4 Å². The number of rotatable bonds is 5. The van der Waals surface area contributed by atoms with Crippen LogP contribution in [-0.4, -0.2) is 24.2 Å². The van der Waals surface area contributed by atoms with E-state index in [1.165, 1.54) is 0 Å². The molecule has 1 aromatic carbocycles. The largest absolute Gasteiger partial charge is 0.497 e. The molecule has 94 valence electrons. The van der Waals surface area contributed by atoms with E-state index in [9.17, 15) is 0 Å². The molecule has 0 spiro atoms. The van der Waals surface area contributed by atoms with Gasteiger partial charge in [0, 0.05) is 18.5 Å². The van der Waals surface area contributed by atoms with Crippen molar-refractivity contribution in [2.45, 2.75) is 19.4 Å². The van der Waals surface area contributed by atoms with Crippen LogP contribution in [0.5, 0.6) is 5.75 Å². The van der Waals surface area contributed by atoms with E-state index in [-0.39, 0.29) is 11.9 Å². The maximum absolute atomic E-state index is 8.48. The Balaban J connectivity index is 2.73. The Labute approximate surface area is 105 Å². The lowest BCUT2D eigenvalue weighted by molar-refractivity contribution is 0.316. The Morgan fingerprint density at radius 2 is 2.35 bits per heavy atom. The lowest BCUT2D eigenvalue weighted by Crippen LogP contribution is -2.24. The summed E-state index contributed by atoms with van der Waals surface area (Å²) in [6, 6.07) is 5.32. The molecular weight excluding hydrogens is 242 g/mol. The van der Waals surface area contributed by atoms with Crippen molar-refractivity contribution < 1.29 is 9.94 Å². The molecule has 0 saturated heterocycles. The van der Waals surface area contributed by atoms with E-state index in [0.717, 1.165) is 5.69 Å². The van der Waals surface area contributed by atoms with Crippen molar-refractivity contribution in [3.05, 3.63) is 23.2 Å². The zero-order valence-electron chi connectivity index (χ0n) is 9.77. The van der Waals surface area contributed by atoms with Crippen molar-refractivity contribution in [2.24, 2.45) is 10.9 Å². The standard InChI is InChI=1S/C11H16ClN3O2/c1-7(5-11(13)15-16)14-10-6-8(17-2)3-4-9(10)12/h3-4,6-7,14,16H,5H2,1-2H3,(H2,13,15). The van der Waals surface area contributed by atoms with Crippen molar-refractivity contribution in [1.82, 2.24) is 0 Å². The molecule has 1 unspecified atom stereocenters. The number of methoxy groups -OCH3 is 1. The minimum atomic E-state index is -0.00416. The molecule has 1 atom stereocenters. The van der Waals surface area contributed by atoms with Gasteiger partial charge in [0.05, 0.1) is 17.8 Å². The first-order valence-corrected chi connectivity index (χ1v) is 5.51. The van der Waals surface area contributed by atoms with Crippen LogP contribution in [0, 0.1) is 0 Å². The summed E-state index contributed by atoms with van der Waals surface area (Å²) in [5, 5.41) is 15.2. The van der Waals surface area contributed by atoms with E-state index in [0.29, 0.717) is 17.2 Å². The number of amidine groups is 1. The Hall–Kier alpha value is -1.62. The number of nitrogens with zero attached hydrogens (tertiary/aromatic N) is 1. The highest BCUT2D eigenvalue weighted by Crippen LogP contribution is 2.27. The summed E-state index contributed by atoms with van der Waals surface area (Å²) in [6.45, 7) is 1.91. The molecule has 0 aromatic heterocycles. The second kappa shape index (κ2) is 6.20. The van der Waals surface area contributed by atoms with Crippen LogP contribution in [0.3, 0.4) is 0 Å². The van der Waals surface area contributed by atoms with Gasteiger partial charge in [-0.3, -0.25) is 0 Å². The number of halogens is 1. The predicted molar refractivity (Wildman–Crippen MR) is 69.1 cm³/mol. The molecule has 17 heavy (non-hydrogen) atoms. The fourth-order valence-corrected chi connectivity index (χ4v) is 1.59. The van der Waals surface area contributed by atoms with Crippen LogP contribution in [0.15, 0.2) is 23.4 Å². The smallest absolute Gasteiger partial charge is 0.141 e. The van der Waals surface area contributed by atoms with Gasteiger partial charge >= 0.3 is 0 Å². The van der Waals surface area contributed by atoms with Gasteiger partial charge in [0.25, 0.3) is 0 Å². The van der Waals surface area contributed by atoms with E-state index in [2.05, 4.69) is 10.5 Å². The number of oxime groups is 1. The number of nitrogens with one attached hydrogen (secondary N) is 1. The quantitative estimate of drug-likeness (QED) is 0.327. The maximum atomic E-state index is 8.48. The van der Waals surface area contributed by atoms with E-state index in [4.69, 9.17) is 27.3 Å². The molecule has 0 radical (unpaired) electrons. The Morgan fingerprint density at radius 3 is 2.94 bits per heavy atom. The maximum Gasteiger partial charge on any atom is 0.141 e. The third-order valence-corrected chi connectivity index (χ3v) is 2.55. The zero-order chi connectivity index (χ0) is 12.8. The first kappa shape index (κ1) is 13.4. The minimum absolute atomic E-state index is 0.00416. The summed E-state index contributed by atoms with van der Waals surface area (Å²) in [7, 11) is 1.59. The van der Waals surface area contributed by atoms with Gasteiger partial charge in [0.2, 0.25) is 0 Å². The van der Waals surface area contributed by atoms with Crippen molar-refractivity contribution in [3.63, 3.8) is 0 Å². The zero-order valence-corrected chi connectivity index (χ0v) is 10.5. The molecule has 0 aliphatic carbocycles. The summed E-state index contributed by atoms with van der Waals surface area (Å²) >= 11 is 6.04. The lowest BCUT2D eigenvalue weighted by Gasteiger charge is -2.16. The average molecular weight is 258 g/mol. The minimum Gasteiger partial charge on any atom is -0.497 e. The molecule has 0 saturated carbocycles. The molecule has 0 fully saturated rings. The van der Waals surface area contributed by atoms with E-state index < -0.39 is 0 Å². The first-order chi connectivity index (χ1) is 8.06. The average Bonchev–Trinajstić information content (AvgIpc) is 2.31. The second-order valence-corrected chi connectivity index (χ2v) is 4.09. The molecule has 0 amide bonds. The Morgan fingerprint density at radius 1 is 1.65 bits per heavy atom. The molecule has 6 heteroatoms. The first-order valence-electron chi connectivity index (χ1n) is 5.13. The van der Waals surface area contributed by atoms with Crippen molar-refractivity contribution in [3.8, 4) is 5.75 Å². The van der Waals surface area contributed by atoms with Gasteiger partial charge in [-0.2, -0.15) is 0 Å². The normalized spacial score (nSPS) is 13.2. The fraction of sp³-hybridized carbons (Fsp3) is 0.364. The molecule has 0 heterocycles. The van der Waals surface area contributed by atoms with Crippen LogP contribution in [0.1, 0.15) is 13.3 Å². The second-order valence-electron chi connectivity index (χ2n) is 3.69. The van der Waals surface area contributed by atoms with Gasteiger partial charge in [0.15, 0.2) is 0 Å². The van der Waals surface area contributed by atoms with Crippen molar-refractivity contribution in [1.29, 1.82) is 0 Å². The lowest BCUT2D eigenvalue weighted by atomic mass is 10.2. The molecule has 1 aromatic rings. The SMILES string of the molecule is COc1ccc(Cl)c(NC(C)CC(N)=NO)c1. The molecule has 5 nitrogen and oxygen atoms in total. The highest BCUT2D eigenvalue weighted by atomic mass is 35.5. The highest BCUT2D eigenvalue weighted by molar-refractivity contribution is 6.33. The summed E-state index contributed by atoms with van der Waals surface area (Å²) in [5.41, 5.74) is 6.18. The number of ether oxygens (including phenoxy) is 1. The van der Waals surface area contributed by atoms with Crippen LogP contribution in [0.25, 0.3) is 0 Å². The fourth-order valence-electron chi connectivity index (χ4n) is 1.41. The third-order valence-electron chi connectivity index (χ3n) is 2.22. The van der Waals surface area contributed by atoms with E-state index in [1.807, 2.05) is 6.92 Å². The summed E-state index contributed by atoms with van der Waals surface area (Å²) in [5.74, 6) is 0.886. The number of hydrogen-bond donors (Lipinski definition) is 3. The van der Waals surface area contributed by atoms with Crippen LogP contribution < -0.4 is 15.8 Å². The predicted octanol–water partition coefficient (Wildman–Crippen LogP) is 2.29. The van der Waals surface area contributed by atoms with E-state index >= 15 is 0 Å². The number of nitrogens with two attached hydrogens (primary N) is 1. The summed E-state index contributed by atoms with van der Waals surface area (Å²) in [4.78, 5) is 0. The molecule has 0 aliphatic heterocycles. The summed E-state index contributed by atoms with van der Waals surface area (Å²) < 4.78 is 5.11. The molecule has 1 rings (SSSR count). The number of anilines is 1. The number of hydrogen-bond acceptors (Lipinski definition) is 4. The Bertz CT molecular complexity index is 410. The molecule has 0 aliphatic rings. The van der Waals surface area contributed by atoms with Crippen LogP contribution in [0.2, 0.25) is 5.02 Å². The molecule has 0 bridgehead atoms. The number of benzene rings is 1. The van der Waals surface area contributed by atoms with Gasteiger partial charge in [0.1, 0.15) is 11.6 Å². The monoisotopic (exact) mass is 257 g/mol. The van der Waals surface area contributed by atoms with Crippen molar-refractivity contribution >= 4 is 23.1 Å². The van der Waals surface area contributed by atoms with Crippen LogP contribution >= 0.6 is 11.6 Å². The van der Waals surface area contributed by atoms with Gasteiger partial charge < -0.3 is 21.0 Å². The topological polar surface area (TPSA) is 79.9 Å². The van der Waals surface area contributed by atoms with Gasteiger partial charge in [-0.1, -0.05) is 16.8 Å². The highest BCUT2D eigenvalue weighted by Gasteiger charge is 2.08. The van der Waals surface area contributed by atoms with Gasteiger partial charge in [-0.25, -0.2) is 0 Å². The Kier molecular flexibility index (Phi) is 4.90. The van der Waals surface area contributed by atoms with Gasteiger partial charge in [-0.05, 0) is 19.1 Å². The molecular formula is C11H16ClN3O2. The third kappa shape index (κ3) is 4.03.